The molecular formula is C18H23N3O2S. The molecule has 0 spiro atoms. The molecule has 1 atom stereocenters. The van der Waals surface area contributed by atoms with Gasteiger partial charge in [0.2, 0.25) is 5.91 Å². The lowest BCUT2D eigenvalue weighted by molar-refractivity contribution is -0.119. The van der Waals surface area contributed by atoms with Crippen molar-refractivity contribution in [2.45, 2.75) is 36.7 Å². The Balaban J connectivity index is 1.49. The number of nitrogens with zero attached hydrogens (tertiary/aromatic N) is 2. The third-order valence-corrected chi connectivity index (χ3v) is 5.39. The maximum Gasteiger partial charge on any atom is 0.230 e. The van der Waals surface area contributed by atoms with Gasteiger partial charge in [0.15, 0.2) is 0 Å². The highest BCUT2D eigenvalue weighted by molar-refractivity contribution is 8.00. The molecule has 0 bridgehead atoms. The van der Waals surface area contributed by atoms with E-state index in [-0.39, 0.29) is 12.5 Å². The minimum atomic E-state index is -1.12. The van der Waals surface area contributed by atoms with Gasteiger partial charge in [0, 0.05) is 23.7 Å². The number of carbonyl (C=O) groups excluding carboxylic acids is 1. The monoisotopic (exact) mass is 345 g/mol. The van der Waals surface area contributed by atoms with E-state index in [4.69, 9.17) is 0 Å². The zero-order chi connectivity index (χ0) is 17.2. The van der Waals surface area contributed by atoms with Crippen molar-refractivity contribution in [2.75, 3.05) is 12.3 Å². The van der Waals surface area contributed by atoms with Crippen molar-refractivity contribution in [2.24, 2.45) is 7.05 Å². The fourth-order valence-corrected chi connectivity index (χ4v) is 3.70. The van der Waals surface area contributed by atoms with Gasteiger partial charge in [0.1, 0.15) is 5.60 Å². The minimum Gasteiger partial charge on any atom is -0.383 e. The molecule has 2 aromatic rings. The first-order chi connectivity index (χ1) is 11.4. The van der Waals surface area contributed by atoms with E-state index in [1.165, 1.54) is 35.7 Å². The van der Waals surface area contributed by atoms with E-state index < -0.39 is 5.60 Å². The van der Waals surface area contributed by atoms with E-state index in [2.05, 4.69) is 28.6 Å². The van der Waals surface area contributed by atoms with Gasteiger partial charge >= 0.3 is 0 Å². The molecule has 1 aromatic carbocycles. The topological polar surface area (TPSA) is 67.2 Å². The molecule has 0 aliphatic heterocycles. The van der Waals surface area contributed by atoms with Crippen LogP contribution >= 0.6 is 11.8 Å². The molecule has 0 saturated heterocycles. The third kappa shape index (κ3) is 3.99. The van der Waals surface area contributed by atoms with Gasteiger partial charge in [-0.25, -0.2) is 0 Å². The Labute approximate surface area is 146 Å². The van der Waals surface area contributed by atoms with Crippen LogP contribution in [0.2, 0.25) is 0 Å². The number of hydrogen-bond acceptors (Lipinski definition) is 4. The first kappa shape index (κ1) is 17.0. The first-order valence-corrected chi connectivity index (χ1v) is 9.15. The van der Waals surface area contributed by atoms with Crippen LogP contribution < -0.4 is 5.32 Å². The Bertz CT molecular complexity index is 740. The van der Waals surface area contributed by atoms with Gasteiger partial charge in [-0.05, 0) is 49.4 Å². The maximum absolute atomic E-state index is 12.1. The summed E-state index contributed by atoms with van der Waals surface area (Å²) in [5.41, 5.74) is 2.43. The van der Waals surface area contributed by atoms with Crippen LogP contribution in [0.25, 0.3) is 0 Å². The highest BCUT2D eigenvalue weighted by Crippen LogP contribution is 2.27. The van der Waals surface area contributed by atoms with Crippen LogP contribution in [0.15, 0.2) is 35.5 Å². The highest BCUT2D eigenvalue weighted by atomic mass is 32.2. The summed E-state index contributed by atoms with van der Waals surface area (Å²) in [6.45, 7) is 1.85. The van der Waals surface area contributed by atoms with Crippen molar-refractivity contribution in [1.82, 2.24) is 15.1 Å². The molecule has 2 N–H and O–H groups in total. The number of nitrogens with one attached hydrogen (secondary N) is 1. The van der Waals surface area contributed by atoms with Gasteiger partial charge < -0.3 is 10.4 Å². The summed E-state index contributed by atoms with van der Waals surface area (Å²) in [6, 6.07) is 6.47. The van der Waals surface area contributed by atoms with E-state index in [1.54, 1.807) is 31.0 Å². The molecule has 1 heterocycles. The Morgan fingerprint density at radius 2 is 2.21 bits per heavy atom. The molecule has 3 rings (SSSR count). The van der Waals surface area contributed by atoms with Crippen LogP contribution in [0.1, 0.15) is 30.0 Å². The molecule has 24 heavy (non-hydrogen) atoms. The molecule has 1 amide bonds. The molecular weight excluding hydrogens is 322 g/mol. The number of carbonyl (C=O) groups is 1. The smallest absolute Gasteiger partial charge is 0.230 e. The lowest BCUT2D eigenvalue weighted by atomic mass is 10.00. The van der Waals surface area contributed by atoms with Crippen LogP contribution in [-0.2, 0) is 30.3 Å². The van der Waals surface area contributed by atoms with Crippen molar-refractivity contribution in [3.05, 3.63) is 47.3 Å². The predicted octanol–water partition coefficient (Wildman–Crippen LogP) is 2.02. The summed E-state index contributed by atoms with van der Waals surface area (Å²) in [4.78, 5) is 13.2. The normalized spacial score (nSPS) is 15.8. The number of thioether (sulfide) groups is 1. The Morgan fingerprint density at radius 3 is 2.96 bits per heavy atom. The molecule has 1 aliphatic rings. The molecule has 128 valence electrons. The fraction of sp³-hybridized carbons (Fsp3) is 0.444. The number of aliphatic hydroxyl groups is 1. The summed E-state index contributed by atoms with van der Waals surface area (Å²) in [5, 5.41) is 17.3. The standard InChI is InChI=1S/C18H23N3O2S/c1-18(23,15-9-20-21(2)10-15)12-19-17(22)11-24-16-7-6-13-4-3-5-14(13)8-16/h6-10,23H,3-5,11-12H2,1-2H3,(H,19,22). The van der Waals surface area contributed by atoms with Crippen LogP contribution in [0.5, 0.6) is 0 Å². The molecule has 5 nitrogen and oxygen atoms in total. The maximum atomic E-state index is 12.1. The second-order valence-electron chi connectivity index (χ2n) is 6.53. The quantitative estimate of drug-likeness (QED) is 0.786. The lowest BCUT2D eigenvalue weighted by Crippen LogP contribution is -2.39. The van der Waals surface area contributed by atoms with E-state index in [0.717, 1.165) is 11.3 Å². The summed E-state index contributed by atoms with van der Waals surface area (Å²) < 4.78 is 1.63. The average molecular weight is 345 g/mol. The summed E-state index contributed by atoms with van der Waals surface area (Å²) >= 11 is 1.53. The third-order valence-electron chi connectivity index (χ3n) is 4.40. The number of amides is 1. The van der Waals surface area contributed by atoms with Crippen LogP contribution in [0.4, 0.5) is 0 Å². The van der Waals surface area contributed by atoms with Crippen molar-refractivity contribution >= 4 is 17.7 Å². The van der Waals surface area contributed by atoms with Crippen LogP contribution in [0, 0.1) is 0 Å². The number of fused-ring (bicyclic) bond motifs is 1. The van der Waals surface area contributed by atoms with E-state index >= 15 is 0 Å². The summed E-state index contributed by atoms with van der Waals surface area (Å²) in [5.74, 6) is 0.270. The second kappa shape index (κ2) is 6.99. The SMILES string of the molecule is Cn1cc(C(C)(O)CNC(=O)CSc2ccc3c(c2)CCC3)cn1. The number of rotatable bonds is 6. The van der Waals surface area contributed by atoms with Crippen molar-refractivity contribution in [1.29, 1.82) is 0 Å². The molecule has 1 aromatic heterocycles. The molecule has 0 saturated carbocycles. The van der Waals surface area contributed by atoms with Crippen LogP contribution in [-0.4, -0.2) is 33.1 Å². The van der Waals surface area contributed by atoms with Gasteiger partial charge in [-0.3, -0.25) is 9.48 Å². The highest BCUT2D eigenvalue weighted by Gasteiger charge is 2.25. The lowest BCUT2D eigenvalue weighted by Gasteiger charge is -2.22. The van der Waals surface area contributed by atoms with Crippen molar-refractivity contribution in [3.63, 3.8) is 0 Å². The van der Waals surface area contributed by atoms with Crippen molar-refractivity contribution in [3.8, 4) is 0 Å². The number of hydrogen-bond donors (Lipinski definition) is 2. The van der Waals surface area contributed by atoms with Crippen LogP contribution in [0.3, 0.4) is 0 Å². The number of aromatic nitrogens is 2. The fourth-order valence-electron chi connectivity index (χ4n) is 2.91. The van der Waals surface area contributed by atoms with E-state index in [1.807, 2.05) is 0 Å². The van der Waals surface area contributed by atoms with Gasteiger partial charge in [0.05, 0.1) is 18.5 Å². The average Bonchev–Trinajstić information content (AvgIpc) is 3.19. The summed E-state index contributed by atoms with van der Waals surface area (Å²) in [6.07, 6.45) is 6.92. The number of aryl methyl sites for hydroxylation is 3. The second-order valence-corrected chi connectivity index (χ2v) is 7.57. The largest absolute Gasteiger partial charge is 0.383 e. The Kier molecular flexibility index (Phi) is 4.96. The Hall–Kier alpha value is -1.79. The van der Waals surface area contributed by atoms with Gasteiger partial charge in [-0.15, -0.1) is 11.8 Å². The number of benzene rings is 1. The van der Waals surface area contributed by atoms with Gasteiger partial charge in [0.25, 0.3) is 0 Å². The Morgan fingerprint density at radius 1 is 1.42 bits per heavy atom. The van der Waals surface area contributed by atoms with Gasteiger partial charge in [-0.2, -0.15) is 5.10 Å². The zero-order valence-corrected chi connectivity index (χ0v) is 14.9. The minimum absolute atomic E-state index is 0.0790. The first-order valence-electron chi connectivity index (χ1n) is 8.17. The predicted molar refractivity (Wildman–Crippen MR) is 95.0 cm³/mol. The van der Waals surface area contributed by atoms with Crippen molar-refractivity contribution < 1.29 is 9.90 Å². The molecule has 0 fully saturated rings. The molecule has 0 radical (unpaired) electrons. The van der Waals surface area contributed by atoms with E-state index in [9.17, 15) is 9.90 Å². The molecule has 1 unspecified atom stereocenters. The van der Waals surface area contributed by atoms with E-state index in [0.29, 0.717) is 11.3 Å². The van der Waals surface area contributed by atoms with Gasteiger partial charge in [-0.1, -0.05) is 6.07 Å². The molecule has 6 heteroatoms. The summed E-state index contributed by atoms with van der Waals surface area (Å²) in [7, 11) is 1.80. The molecule has 1 aliphatic carbocycles. The zero-order valence-electron chi connectivity index (χ0n) is 14.1.